The van der Waals surface area contributed by atoms with Crippen LogP contribution in [0.25, 0.3) is 10.2 Å². The van der Waals surface area contributed by atoms with E-state index in [-0.39, 0.29) is 36.2 Å². The van der Waals surface area contributed by atoms with E-state index in [2.05, 4.69) is 14.1 Å². The number of benzene rings is 2. The molecule has 1 aromatic heterocycles. The Hall–Kier alpha value is -3.04. The van der Waals surface area contributed by atoms with E-state index in [0.29, 0.717) is 4.70 Å². The fourth-order valence-electron chi connectivity index (χ4n) is 3.72. The average Bonchev–Trinajstić information content (AvgIpc) is 3.34. The van der Waals surface area contributed by atoms with Crippen molar-refractivity contribution in [3.63, 3.8) is 0 Å². The van der Waals surface area contributed by atoms with Crippen molar-refractivity contribution in [2.45, 2.75) is 14.7 Å². The molecular formula is C20H16N4O10S6. The van der Waals surface area contributed by atoms with E-state index >= 15 is 0 Å². The van der Waals surface area contributed by atoms with Gasteiger partial charge in [0.15, 0.2) is 34.9 Å². The number of aliphatic hydroxyl groups excluding tert-OH is 1. The molecule has 212 valence electrons. The van der Waals surface area contributed by atoms with E-state index < -0.39 is 62.0 Å². The number of carbonyl (C=O) groups excluding carboxylic acids is 1. The highest BCUT2D eigenvalue weighted by Crippen LogP contribution is 2.45. The molecule has 0 radical (unpaired) electrons. The van der Waals surface area contributed by atoms with Gasteiger partial charge >= 0.3 is 0 Å². The molecule has 2 aliphatic heterocycles. The number of amidine groups is 1. The highest BCUT2D eigenvalue weighted by atomic mass is 32.2. The lowest BCUT2D eigenvalue weighted by molar-refractivity contribution is -0.113. The summed E-state index contributed by atoms with van der Waals surface area (Å²) < 4.78 is 104. The molecule has 0 bridgehead atoms. The molecule has 5 rings (SSSR count). The smallest absolute Gasteiger partial charge is 0.293 e. The number of hydrogen-bond donors (Lipinski definition) is 2. The number of amides is 1. The summed E-state index contributed by atoms with van der Waals surface area (Å²) in [7, 11) is -16.5. The maximum atomic E-state index is 13.2. The molecule has 0 spiro atoms. The zero-order valence-corrected chi connectivity index (χ0v) is 25.0. The molecule has 20 heteroatoms. The van der Waals surface area contributed by atoms with Gasteiger partial charge in [-0.25, -0.2) is 30.2 Å². The second kappa shape index (κ2) is 9.24. The Morgan fingerprint density at radius 3 is 2.27 bits per heavy atom. The van der Waals surface area contributed by atoms with Crippen LogP contribution in [0.2, 0.25) is 0 Å². The number of thioether (sulfide) groups is 1. The predicted octanol–water partition coefficient (Wildman–Crippen LogP) is 1.45. The molecule has 1 amide bonds. The molecule has 2 aromatic carbocycles. The molecule has 0 saturated carbocycles. The predicted molar refractivity (Wildman–Crippen MR) is 149 cm³/mol. The van der Waals surface area contributed by atoms with Gasteiger partial charge in [-0.2, -0.15) is 8.42 Å². The number of nitrogens with zero attached hydrogens (tertiary/aromatic N) is 3. The highest BCUT2D eigenvalue weighted by Gasteiger charge is 2.45. The van der Waals surface area contributed by atoms with Crippen molar-refractivity contribution in [2.75, 3.05) is 27.9 Å². The van der Waals surface area contributed by atoms with E-state index in [1.54, 1.807) is 0 Å². The molecule has 0 aliphatic carbocycles. The fraction of sp³-hybridized carbons (Fsp3) is 0.150. The number of hydrogen-bond acceptors (Lipinski definition) is 13. The van der Waals surface area contributed by atoms with Crippen molar-refractivity contribution in [2.24, 2.45) is 4.40 Å². The Morgan fingerprint density at radius 1 is 1.00 bits per heavy atom. The third-order valence-corrected chi connectivity index (χ3v) is 12.4. The number of aliphatic hydroxyl groups is 1. The van der Waals surface area contributed by atoms with Gasteiger partial charge in [0.25, 0.3) is 15.9 Å². The van der Waals surface area contributed by atoms with E-state index in [1.807, 2.05) is 0 Å². The van der Waals surface area contributed by atoms with Crippen molar-refractivity contribution in [1.82, 2.24) is 4.98 Å². The van der Waals surface area contributed by atoms with Gasteiger partial charge in [0, 0.05) is 17.4 Å². The van der Waals surface area contributed by atoms with Gasteiger partial charge in [0.1, 0.15) is 11.5 Å². The summed E-state index contributed by atoms with van der Waals surface area (Å²) in [5.41, 5.74) is 0.388. The maximum Gasteiger partial charge on any atom is 0.293 e. The van der Waals surface area contributed by atoms with Crippen molar-refractivity contribution in [3.8, 4) is 0 Å². The quantitative estimate of drug-likeness (QED) is 0.283. The highest BCUT2D eigenvalue weighted by molar-refractivity contribution is 8.16. The number of thiazole rings is 1. The minimum Gasteiger partial charge on any atom is -0.509 e. The summed E-state index contributed by atoms with van der Waals surface area (Å²) in [4.78, 5) is 17.0. The van der Waals surface area contributed by atoms with Crippen LogP contribution >= 0.6 is 23.1 Å². The van der Waals surface area contributed by atoms with Crippen LogP contribution in [-0.4, -0.2) is 73.1 Å². The molecule has 2 N–H and O–H groups in total. The van der Waals surface area contributed by atoms with Crippen molar-refractivity contribution >= 4 is 94.9 Å². The van der Waals surface area contributed by atoms with Crippen LogP contribution in [0, 0.1) is 0 Å². The zero-order valence-electron chi connectivity index (χ0n) is 20.1. The standard InChI is InChI=1S/C20H16N4O10S6/c1-37(27,28)10-3-5-12-15(7-10)35-19(21-12)22-39(31,32)9-14(25)17-18(26)24-13-6-4-11(38(2,29)30)8-16(13)36-20(24)23-40(17,33)34/h3-8,25H,9H2,1-2H3,(H,21,22)/b17-14-. The normalized spacial score (nSPS) is 18.3. The first-order valence-corrected chi connectivity index (χ1v) is 19.1. The topological polar surface area (TPSA) is 214 Å². The van der Waals surface area contributed by atoms with Gasteiger partial charge in [-0.1, -0.05) is 11.3 Å². The first-order valence-electron chi connectivity index (χ1n) is 10.6. The van der Waals surface area contributed by atoms with E-state index in [1.165, 1.54) is 36.4 Å². The zero-order chi connectivity index (χ0) is 29.4. The Morgan fingerprint density at radius 2 is 1.62 bits per heavy atom. The van der Waals surface area contributed by atoms with E-state index in [9.17, 15) is 43.6 Å². The lowest BCUT2D eigenvalue weighted by Crippen LogP contribution is -2.41. The monoisotopic (exact) mass is 664 g/mol. The van der Waals surface area contributed by atoms with Gasteiger partial charge < -0.3 is 5.11 Å². The van der Waals surface area contributed by atoms with Gasteiger partial charge in [-0.05, 0) is 48.2 Å². The van der Waals surface area contributed by atoms with Gasteiger partial charge in [-0.3, -0.25) is 14.4 Å². The van der Waals surface area contributed by atoms with E-state index in [0.717, 1.165) is 40.5 Å². The first-order chi connectivity index (χ1) is 18.4. The Balaban J connectivity index is 1.46. The second-order valence-corrected chi connectivity index (χ2v) is 17.9. The molecule has 0 saturated heterocycles. The fourth-order valence-corrected chi connectivity index (χ4v) is 9.87. The minimum atomic E-state index is -4.84. The van der Waals surface area contributed by atoms with Crippen molar-refractivity contribution in [1.29, 1.82) is 0 Å². The molecule has 3 aromatic rings. The third kappa shape index (κ3) is 5.21. The molecule has 2 aliphatic rings. The maximum absolute atomic E-state index is 13.2. The minimum absolute atomic E-state index is 0.00410. The van der Waals surface area contributed by atoms with Crippen molar-refractivity contribution in [3.05, 3.63) is 47.1 Å². The SMILES string of the molecule is CS(=O)(=O)c1ccc2c(c1)SC1=NS(=O)(=O)/C(=C(\O)CS(=O)(=O)Nc3nc4ccc(S(C)(=O)=O)cc4s3)C(=O)N12. The molecule has 14 nitrogen and oxygen atoms in total. The molecule has 0 atom stereocenters. The molecule has 0 unspecified atom stereocenters. The number of anilines is 2. The number of sulfonamides is 2. The summed E-state index contributed by atoms with van der Waals surface area (Å²) in [5, 5.41) is 10.1. The Kier molecular flexibility index (Phi) is 6.58. The molecule has 40 heavy (non-hydrogen) atoms. The van der Waals surface area contributed by atoms with Gasteiger partial charge in [-0.15, -0.1) is 4.40 Å². The average molecular weight is 665 g/mol. The summed E-state index contributed by atoms with van der Waals surface area (Å²) in [6, 6.07) is 7.72. The molecular weight excluding hydrogens is 649 g/mol. The van der Waals surface area contributed by atoms with Crippen LogP contribution < -0.4 is 9.62 Å². The molecule has 0 fully saturated rings. The van der Waals surface area contributed by atoms with Crippen LogP contribution in [-0.2, 0) is 44.5 Å². The summed E-state index contributed by atoms with van der Waals surface area (Å²) in [5.74, 6) is -3.90. The number of fused-ring (bicyclic) bond motifs is 4. The third-order valence-electron chi connectivity index (χ3n) is 5.47. The lowest BCUT2D eigenvalue weighted by Gasteiger charge is -2.23. The van der Waals surface area contributed by atoms with E-state index in [4.69, 9.17) is 0 Å². The lowest BCUT2D eigenvalue weighted by atomic mass is 10.3. The number of sulfone groups is 2. The number of aromatic nitrogens is 1. The Labute approximate surface area is 236 Å². The largest absolute Gasteiger partial charge is 0.509 e. The first kappa shape index (κ1) is 28.5. The molecule has 3 heterocycles. The number of rotatable bonds is 6. The summed E-state index contributed by atoms with van der Waals surface area (Å²) >= 11 is 1.52. The van der Waals surface area contributed by atoms with Gasteiger partial charge in [0.05, 0.1) is 25.7 Å². The summed E-state index contributed by atoms with van der Waals surface area (Å²) in [6.07, 6.45) is 1.98. The van der Waals surface area contributed by atoms with Crippen LogP contribution in [0.4, 0.5) is 10.8 Å². The Bertz CT molecular complexity index is 2150. The second-order valence-electron chi connectivity index (χ2n) is 8.55. The van der Waals surface area contributed by atoms with Crippen LogP contribution in [0.1, 0.15) is 0 Å². The number of nitrogens with one attached hydrogen (secondary N) is 1. The van der Waals surface area contributed by atoms with Crippen LogP contribution in [0.15, 0.2) is 66.1 Å². The van der Waals surface area contributed by atoms with Gasteiger partial charge in [0.2, 0.25) is 10.0 Å². The van der Waals surface area contributed by atoms with Crippen molar-refractivity contribution < 1.29 is 43.6 Å². The summed E-state index contributed by atoms with van der Waals surface area (Å²) in [6.45, 7) is 0. The van der Waals surface area contributed by atoms with Crippen LogP contribution in [0.3, 0.4) is 0 Å². The number of carbonyl (C=O) groups is 1. The van der Waals surface area contributed by atoms with Crippen LogP contribution in [0.5, 0.6) is 0 Å².